The molecule has 0 spiro atoms. The third-order valence-electron chi connectivity index (χ3n) is 3.58. The van der Waals surface area contributed by atoms with Crippen molar-refractivity contribution >= 4 is 16.7 Å². The molecule has 1 heterocycles. The van der Waals surface area contributed by atoms with Crippen molar-refractivity contribution in [2.45, 2.75) is 32.2 Å². The van der Waals surface area contributed by atoms with Crippen LogP contribution in [0, 0.1) is 0 Å². The Bertz CT molecular complexity index is 573. The van der Waals surface area contributed by atoms with Crippen LogP contribution in [0.2, 0.25) is 0 Å². The molecule has 94 valence electrons. The molecule has 0 saturated heterocycles. The van der Waals surface area contributed by atoms with Crippen molar-refractivity contribution in [2.75, 3.05) is 0 Å². The topological polar surface area (TPSA) is 56.0 Å². The number of Topliss-reactive ketones (excluding diaryl/α,β-unsaturated/α-hetero) is 1. The molecular weight excluding hydrogens is 224 g/mol. The van der Waals surface area contributed by atoms with Gasteiger partial charge in [0.1, 0.15) is 0 Å². The van der Waals surface area contributed by atoms with E-state index < -0.39 is 5.54 Å². The average molecular weight is 242 g/mol. The maximum Gasteiger partial charge on any atom is 0.182 e. The Hall–Kier alpha value is -1.74. The van der Waals surface area contributed by atoms with Gasteiger partial charge in [0.25, 0.3) is 0 Å². The van der Waals surface area contributed by atoms with E-state index in [4.69, 9.17) is 5.73 Å². The summed E-state index contributed by atoms with van der Waals surface area (Å²) < 4.78 is 0. The maximum atomic E-state index is 12.4. The minimum Gasteiger partial charge on any atom is -0.319 e. The first-order valence-corrected chi connectivity index (χ1v) is 6.29. The summed E-state index contributed by atoms with van der Waals surface area (Å²) in [7, 11) is 0. The highest BCUT2D eigenvalue weighted by atomic mass is 16.1. The van der Waals surface area contributed by atoms with Crippen molar-refractivity contribution in [1.82, 2.24) is 4.98 Å². The highest BCUT2D eigenvalue weighted by Gasteiger charge is 2.30. The minimum atomic E-state index is -0.761. The zero-order valence-corrected chi connectivity index (χ0v) is 10.8. The summed E-state index contributed by atoms with van der Waals surface area (Å²) in [5.41, 5.74) is 6.86. The van der Waals surface area contributed by atoms with Gasteiger partial charge in [0.2, 0.25) is 0 Å². The molecule has 0 aliphatic carbocycles. The Kier molecular flexibility index (Phi) is 3.43. The predicted molar refractivity (Wildman–Crippen MR) is 73.6 cm³/mol. The number of pyridine rings is 1. The van der Waals surface area contributed by atoms with Crippen LogP contribution in [0.3, 0.4) is 0 Å². The van der Waals surface area contributed by atoms with Gasteiger partial charge in [-0.15, -0.1) is 0 Å². The highest BCUT2D eigenvalue weighted by Crippen LogP contribution is 2.21. The molecule has 3 nitrogen and oxygen atoms in total. The third kappa shape index (κ3) is 2.14. The number of carbonyl (C=O) groups is 1. The maximum absolute atomic E-state index is 12.4. The zero-order chi connectivity index (χ0) is 13.2. The Balaban J connectivity index is 2.45. The van der Waals surface area contributed by atoms with Gasteiger partial charge in [0, 0.05) is 17.1 Å². The number of rotatable bonds is 4. The van der Waals surface area contributed by atoms with Crippen LogP contribution in [-0.2, 0) is 0 Å². The molecule has 0 saturated carbocycles. The van der Waals surface area contributed by atoms with Crippen LogP contribution in [0.4, 0.5) is 0 Å². The van der Waals surface area contributed by atoms with E-state index in [2.05, 4.69) is 4.98 Å². The lowest BCUT2D eigenvalue weighted by molar-refractivity contribution is 0.0879. The molecule has 18 heavy (non-hydrogen) atoms. The summed E-state index contributed by atoms with van der Waals surface area (Å²) in [5, 5.41) is 1.03. The second kappa shape index (κ2) is 4.86. The summed E-state index contributed by atoms with van der Waals surface area (Å²) in [6, 6.07) is 9.44. The number of nitrogens with two attached hydrogens (primary N) is 1. The van der Waals surface area contributed by atoms with Gasteiger partial charge in [-0.25, -0.2) is 0 Å². The van der Waals surface area contributed by atoms with Crippen molar-refractivity contribution < 1.29 is 4.79 Å². The van der Waals surface area contributed by atoms with Crippen LogP contribution in [0.15, 0.2) is 36.5 Å². The minimum absolute atomic E-state index is 0.0000491. The fraction of sp³-hybridized carbons (Fsp3) is 0.333. The molecule has 3 heteroatoms. The lowest BCUT2D eigenvalue weighted by atomic mass is 9.85. The smallest absolute Gasteiger partial charge is 0.182 e. The number of benzene rings is 1. The van der Waals surface area contributed by atoms with Crippen LogP contribution in [0.25, 0.3) is 10.9 Å². The molecule has 0 unspecified atom stereocenters. The number of aromatic nitrogens is 1. The SMILES string of the molecule is CCC(N)(CC)C(=O)c1ccc2cccnc2c1. The van der Waals surface area contributed by atoms with Gasteiger partial charge in [0.05, 0.1) is 11.1 Å². The highest BCUT2D eigenvalue weighted by molar-refractivity contribution is 6.05. The molecule has 1 aromatic carbocycles. The fourth-order valence-electron chi connectivity index (χ4n) is 2.07. The summed E-state index contributed by atoms with van der Waals surface area (Å²) in [5.74, 6) is 0.0000491. The molecule has 0 atom stereocenters. The van der Waals surface area contributed by atoms with E-state index in [0.717, 1.165) is 10.9 Å². The zero-order valence-electron chi connectivity index (χ0n) is 10.8. The number of ketones is 1. The van der Waals surface area contributed by atoms with Gasteiger partial charge in [-0.3, -0.25) is 9.78 Å². The second-order valence-electron chi connectivity index (χ2n) is 4.60. The molecule has 0 aliphatic rings. The average Bonchev–Trinajstić information content (AvgIpc) is 2.45. The molecule has 0 amide bonds. The van der Waals surface area contributed by atoms with Crippen molar-refractivity contribution in [3.05, 3.63) is 42.1 Å². The largest absolute Gasteiger partial charge is 0.319 e. The Morgan fingerprint density at radius 3 is 2.67 bits per heavy atom. The van der Waals surface area contributed by atoms with E-state index in [1.165, 1.54) is 0 Å². The molecule has 0 radical (unpaired) electrons. The lowest BCUT2D eigenvalue weighted by Crippen LogP contribution is -2.46. The molecule has 2 N–H and O–H groups in total. The van der Waals surface area contributed by atoms with E-state index in [-0.39, 0.29) is 5.78 Å². The van der Waals surface area contributed by atoms with Crippen molar-refractivity contribution in [1.29, 1.82) is 0 Å². The first kappa shape index (κ1) is 12.7. The lowest BCUT2D eigenvalue weighted by Gasteiger charge is -2.24. The number of hydrogen-bond donors (Lipinski definition) is 1. The Labute approximate surface area is 107 Å². The molecule has 0 aliphatic heterocycles. The quantitative estimate of drug-likeness (QED) is 0.839. The van der Waals surface area contributed by atoms with Crippen molar-refractivity contribution in [3.8, 4) is 0 Å². The summed E-state index contributed by atoms with van der Waals surface area (Å²) >= 11 is 0. The van der Waals surface area contributed by atoms with Gasteiger partial charge in [0.15, 0.2) is 5.78 Å². The molecular formula is C15H18N2O. The van der Waals surface area contributed by atoms with Gasteiger partial charge in [-0.2, -0.15) is 0 Å². The van der Waals surface area contributed by atoms with Crippen LogP contribution < -0.4 is 5.73 Å². The predicted octanol–water partition coefficient (Wildman–Crippen LogP) is 2.94. The molecule has 1 aromatic heterocycles. The molecule has 0 bridgehead atoms. The number of hydrogen-bond acceptors (Lipinski definition) is 3. The van der Waals surface area contributed by atoms with Crippen LogP contribution >= 0.6 is 0 Å². The van der Waals surface area contributed by atoms with Crippen molar-refractivity contribution in [2.24, 2.45) is 5.73 Å². The van der Waals surface area contributed by atoms with Gasteiger partial charge < -0.3 is 5.73 Å². The normalized spacial score (nSPS) is 11.7. The van der Waals surface area contributed by atoms with Gasteiger partial charge in [-0.1, -0.05) is 32.0 Å². The van der Waals surface area contributed by atoms with Crippen LogP contribution in [0.5, 0.6) is 0 Å². The summed E-state index contributed by atoms with van der Waals surface area (Å²) in [4.78, 5) is 16.7. The number of carbonyl (C=O) groups excluding carboxylic acids is 1. The van der Waals surface area contributed by atoms with E-state index in [1.807, 2.05) is 44.2 Å². The molecule has 2 rings (SSSR count). The first-order chi connectivity index (χ1) is 8.60. The molecule has 2 aromatic rings. The van der Waals surface area contributed by atoms with Gasteiger partial charge >= 0.3 is 0 Å². The Morgan fingerprint density at radius 1 is 1.28 bits per heavy atom. The number of nitrogens with zero attached hydrogens (tertiary/aromatic N) is 1. The number of fused-ring (bicyclic) bond motifs is 1. The monoisotopic (exact) mass is 242 g/mol. The molecule has 0 fully saturated rings. The summed E-state index contributed by atoms with van der Waals surface area (Å²) in [6.07, 6.45) is 3.01. The second-order valence-corrected chi connectivity index (χ2v) is 4.60. The van der Waals surface area contributed by atoms with Crippen LogP contribution in [-0.4, -0.2) is 16.3 Å². The van der Waals surface area contributed by atoms with E-state index >= 15 is 0 Å². The first-order valence-electron chi connectivity index (χ1n) is 6.29. The summed E-state index contributed by atoms with van der Waals surface area (Å²) in [6.45, 7) is 3.89. The Morgan fingerprint density at radius 2 is 2.00 bits per heavy atom. The van der Waals surface area contributed by atoms with Crippen LogP contribution in [0.1, 0.15) is 37.0 Å². The van der Waals surface area contributed by atoms with Crippen molar-refractivity contribution in [3.63, 3.8) is 0 Å². The van der Waals surface area contributed by atoms with E-state index in [9.17, 15) is 4.79 Å². The van der Waals surface area contributed by atoms with E-state index in [1.54, 1.807) is 6.20 Å². The fourth-order valence-corrected chi connectivity index (χ4v) is 2.07. The third-order valence-corrected chi connectivity index (χ3v) is 3.58. The van der Waals surface area contributed by atoms with E-state index in [0.29, 0.717) is 18.4 Å². The van der Waals surface area contributed by atoms with Gasteiger partial charge in [-0.05, 0) is 25.0 Å². The standard InChI is InChI=1S/C15H18N2O/c1-3-15(16,4-2)14(18)12-8-7-11-6-5-9-17-13(11)10-12/h5-10H,3-4,16H2,1-2H3.